The summed E-state index contributed by atoms with van der Waals surface area (Å²) in [5.74, 6) is -0.0596. The maximum absolute atomic E-state index is 13.6. The molecule has 0 unspecified atom stereocenters. The summed E-state index contributed by atoms with van der Waals surface area (Å²) in [6.07, 6.45) is 10.8. The molecule has 28 heavy (non-hydrogen) atoms. The van der Waals surface area contributed by atoms with Crippen molar-refractivity contribution in [3.63, 3.8) is 0 Å². The molecule has 2 spiro atoms. The van der Waals surface area contributed by atoms with Crippen molar-refractivity contribution < 1.29 is 19.2 Å². The molecule has 5 heteroatoms. The van der Waals surface area contributed by atoms with Crippen molar-refractivity contribution in [3.8, 4) is 0 Å². The van der Waals surface area contributed by atoms with Crippen molar-refractivity contribution in [3.05, 3.63) is 42.0 Å². The van der Waals surface area contributed by atoms with Crippen molar-refractivity contribution in [1.29, 1.82) is 0 Å². The Labute approximate surface area is 166 Å². The second kappa shape index (κ2) is 6.15. The van der Waals surface area contributed by atoms with Gasteiger partial charge in [0, 0.05) is 11.0 Å². The van der Waals surface area contributed by atoms with Crippen LogP contribution in [0.15, 0.2) is 36.4 Å². The molecule has 1 aromatic carbocycles. The van der Waals surface area contributed by atoms with Crippen LogP contribution in [0.25, 0.3) is 0 Å². The highest BCUT2D eigenvalue weighted by Gasteiger charge is 2.61. The van der Waals surface area contributed by atoms with E-state index in [4.69, 9.17) is 9.47 Å². The smallest absolute Gasteiger partial charge is 0.296 e. The minimum absolute atomic E-state index is 0.0275. The van der Waals surface area contributed by atoms with Crippen molar-refractivity contribution in [2.45, 2.75) is 37.9 Å². The Balaban J connectivity index is 1.29. The summed E-state index contributed by atoms with van der Waals surface area (Å²) in [6.45, 7) is 4.22. The van der Waals surface area contributed by atoms with E-state index in [-0.39, 0.29) is 11.3 Å². The van der Waals surface area contributed by atoms with Gasteiger partial charge in [0.1, 0.15) is 0 Å². The summed E-state index contributed by atoms with van der Waals surface area (Å²) in [4.78, 5) is 17.0. The fraction of sp³-hybridized carbons (Fsp3) is 0.609. The lowest BCUT2D eigenvalue weighted by molar-refractivity contribution is -0.903. The van der Waals surface area contributed by atoms with E-state index in [9.17, 15) is 4.79 Å². The van der Waals surface area contributed by atoms with E-state index in [0.29, 0.717) is 31.7 Å². The molecule has 1 saturated carbocycles. The van der Waals surface area contributed by atoms with Crippen LogP contribution < -0.4 is 9.80 Å². The van der Waals surface area contributed by atoms with Gasteiger partial charge in [-0.3, -0.25) is 9.69 Å². The van der Waals surface area contributed by atoms with Crippen LogP contribution in [0.5, 0.6) is 0 Å². The Hall–Kier alpha value is -1.69. The van der Waals surface area contributed by atoms with E-state index in [0.717, 1.165) is 30.8 Å². The standard InChI is InChI=1S/C23H28N2O3/c26-21-23(27-14-22(15-28-23)13-17-8-9-18(22)12-17)19-6-2-3-7-20(19)25(21)16-24-10-4-1-5-11-24/h2-3,6-9,17-18H,1,4-5,10-16H2/p+1/t17-,18-,22?,23?/m0/s1. The predicted octanol–water partition coefficient (Wildman–Crippen LogP) is 1.84. The summed E-state index contributed by atoms with van der Waals surface area (Å²) in [5.41, 5.74) is 1.92. The van der Waals surface area contributed by atoms with Gasteiger partial charge >= 0.3 is 0 Å². The number of rotatable bonds is 2. The number of piperidine rings is 1. The number of nitrogens with zero attached hydrogens (tertiary/aromatic N) is 1. The number of ether oxygens (including phenoxy) is 2. The fourth-order valence-corrected chi connectivity index (χ4v) is 6.22. The van der Waals surface area contributed by atoms with Crippen LogP contribution in [-0.2, 0) is 20.1 Å². The van der Waals surface area contributed by atoms with Crippen LogP contribution in [0, 0.1) is 17.3 Å². The van der Waals surface area contributed by atoms with E-state index in [1.54, 1.807) is 0 Å². The highest BCUT2D eigenvalue weighted by Crippen LogP contribution is 2.57. The van der Waals surface area contributed by atoms with Crippen molar-refractivity contribution in [2.75, 3.05) is 37.9 Å². The SMILES string of the molecule is O=C1N(C[NH+]2CCCCC2)c2ccccc2C12OCC1(CO2)C[C@H]2C=C[C@H]1C2. The highest BCUT2D eigenvalue weighted by atomic mass is 16.7. The Morgan fingerprint density at radius 3 is 2.57 bits per heavy atom. The molecule has 1 N–H and O–H groups in total. The molecule has 2 bridgehead atoms. The van der Waals surface area contributed by atoms with Gasteiger partial charge in [-0.05, 0) is 50.0 Å². The first-order valence-electron chi connectivity index (χ1n) is 10.9. The molecule has 2 saturated heterocycles. The van der Waals surface area contributed by atoms with E-state index in [1.807, 2.05) is 29.2 Å². The number of carbonyl (C=O) groups is 1. The van der Waals surface area contributed by atoms with Crippen LogP contribution in [-0.4, -0.2) is 38.9 Å². The van der Waals surface area contributed by atoms with E-state index >= 15 is 0 Å². The van der Waals surface area contributed by atoms with E-state index in [2.05, 4.69) is 12.2 Å². The summed E-state index contributed by atoms with van der Waals surface area (Å²) < 4.78 is 12.8. The van der Waals surface area contributed by atoms with Gasteiger partial charge in [-0.15, -0.1) is 0 Å². The van der Waals surface area contributed by atoms with Gasteiger partial charge in [-0.1, -0.05) is 30.4 Å². The number of allylic oxidation sites excluding steroid dienone is 2. The number of para-hydroxylation sites is 1. The first kappa shape index (κ1) is 17.2. The minimum Gasteiger partial charge on any atom is -0.338 e. The lowest BCUT2D eigenvalue weighted by Gasteiger charge is -2.45. The van der Waals surface area contributed by atoms with Crippen LogP contribution >= 0.6 is 0 Å². The molecule has 3 fully saturated rings. The summed E-state index contributed by atoms with van der Waals surface area (Å²) >= 11 is 0. The zero-order valence-corrected chi connectivity index (χ0v) is 16.4. The molecule has 0 aromatic heterocycles. The summed E-state index contributed by atoms with van der Waals surface area (Å²) in [5, 5.41) is 0. The molecule has 5 nitrogen and oxygen atoms in total. The lowest BCUT2D eigenvalue weighted by atomic mass is 9.76. The number of anilines is 1. The fourth-order valence-electron chi connectivity index (χ4n) is 6.22. The third-order valence-corrected chi connectivity index (χ3v) is 7.77. The van der Waals surface area contributed by atoms with Crippen molar-refractivity contribution in [2.24, 2.45) is 17.3 Å². The van der Waals surface area contributed by atoms with Gasteiger partial charge in [0.05, 0.1) is 32.0 Å². The number of likely N-dealkylation sites (tertiary alicyclic amines) is 1. The number of nitrogens with one attached hydrogen (secondary N) is 1. The quantitative estimate of drug-likeness (QED) is 0.795. The van der Waals surface area contributed by atoms with Gasteiger partial charge in [0.2, 0.25) is 0 Å². The second-order valence-electron chi connectivity index (χ2n) is 9.47. The molecular weight excluding hydrogens is 352 g/mol. The summed E-state index contributed by atoms with van der Waals surface area (Å²) in [6, 6.07) is 8.05. The number of amides is 1. The predicted molar refractivity (Wildman–Crippen MR) is 105 cm³/mol. The number of quaternary nitrogens is 1. The molecule has 1 aromatic rings. The average Bonchev–Trinajstić information content (AvgIpc) is 3.40. The molecule has 6 rings (SSSR count). The molecule has 1 amide bonds. The minimum atomic E-state index is -1.23. The Morgan fingerprint density at radius 1 is 1.07 bits per heavy atom. The highest BCUT2D eigenvalue weighted by molar-refractivity contribution is 6.05. The van der Waals surface area contributed by atoms with E-state index < -0.39 is 5.79 Å². The first-order valence-corrected chi connectivity index (χ1v) is 10.9. The molecule has 2 aliphatic carbocycles. The molecule has 3 aliphatic heterocycles. The van der Waals surface area contributed by atoms with Crippen molar-refractivity contribution in [1.82, 2.24) is 0 Å². The normalized spacial score (nSPS) is 39.4. The van der Waals surface area contributed by atoms with Gasteiger partial charge in [-0.2, -0.15) is 0 Å². The van der Waals surface area contributed by atoms with Crippen LogP contribution in [0.2, 0.25) is 0 Å². The maximum Gasteiger partial charge on any atom is 0.296 e. The number of fused-ring (bicyclic) bond motifs is 5. The monoisotopic (exact) mass is 381 g/mol. The third kappa shape index (κ3) is 2.33. The van der Waals surface area contributed by atoms with Gasteiger partial charge < -0.3 is 14.4 Å². The Bertz CT molecular complexity index is 821. The topological polar surface area (TPSA) is 43.2 Å². The number of hydrogen-bond acceptors (Lipinski definition) is 3. The second-order valence-corrected chi connectivity index (χ2v) is 9.47. The van der Waals surface area contributed by atoms with Gasteiger partial charge in [0.25, 0.3) is 11.7 Å². The molecular formula is C23H29N2O3+. The van der Waals surface area contributed by atoms with Crippen molar-refractivity contribution >= 4 is 11.6 Å². The van der Waals surface area contributed by atoms with Crippen LogP contribution in [0.1, 0.15) is 37.7 Å². The molecule has 0 radical (unpaired) electrons. The first-order chi connectivity index (χ1) is 13.7. The van der Waals surface area contributed by atoms with Gasteiger partial charge in [-0.25, -0.2) is 0 Å². The summed E-state index contributed by atoms with van der Waals surface area (Å²) in [7, 11) is 0. The molecule has 3 heterocycles. The van der Waals surface area contributed by atoms with Gasteiger partial charge in [0.15, 0.2) is 6.67 Å². The number of carbonyl (C=O) groups excluding carboxylic acids is 1. The van der Waals surface area contributed by atoms with Crippen LogP contribution in [0.4, 0.5) is 5.69 Å². The molecule has 148 valence electrons. The zero-order valence-electron chi connectivity index (χ0n) is 16.4. The Kier molecular flexibility index (Phi) is 3.78. The lowest BCUT2D eigenvalue weighted by Crippen LogP contribution is -3.14. The van der Waals surface area contributed by atoms with Crippen LogP contribution in [0.3, 0.4) is 0 Å². The number of benzene rings is 1. The maximum atomic E-state index is 13.6. The third-order valence-electron chi connectivity index (χ3n) is 7.77. The zero-order chi connectivity index (χ0) is 18.8. The number of hydrogen-bond donors (Lipinski definition) is 1. The molecule has 5 aliphatic rings. The van der Waals surface area contributed by atoms with E-state index in [1.165, 1.54) is 30.6 Å². The largest absolute Gasteiger partial charge is 0.338 e. The Morgan fingerprint density at radius 2 is 1.86 bits per heavy atom. The average molecular weight is 381 g/mol. The molecule has 2 atom stereocenters.